The summed E-state index contributed by atoms with van der Waals surface area (Å²) in [7, 11) is 3.49. The molecule has 0 radical (unpaired) electrons. The van der Waals surface area contributed by atoms with Gasteiger partial charge in [-0.15, -0.1) is 0 Å². The number of methoxy groups -OCH3 is 1. The van der Waals surface area contributed by atoms with E-state index in [9.17, 15) is 5.11 Å². The van der Waals surface area contributed by atoms with Crippen molar-refractivity contribution in [3.63, 3.8) is 0 Å². The maximum absolute atomic E-state index is 9.26. The molecule has 1 saturated carbocycles. The molecular formula is C11H16ClN3O2. The summed E-state index contributed by atoms with van der Waals surface area (Å²) in [5.74, 6) is 1.69. The summed E-state index contributed by atoms with van der Waals surface area (Å²) in [6, 6.07) is 0. The van der Waals surface area contributed by atoms with Gasteiger partial charge in [0.05, 0.1) is 13.2 Å². The average Bonchev–Trinajstić information content (AvgIpc) is 2.26. The van der Waals surface area contributed by atoms with Crippen molar-refractivity contribution in [3.8, 4) is 5.75 Å². The number of rotatable bonds is 4. The van der Waals surface area contributed by atoms with E-state index in [2.05, 4.69) is 9.97 Å². The molecule has 1 heterocycles. The van der Waals surface area contributed by atoms with Crippen LogP contribution in [0.5, 0.6) is 5.75 Å². The Morgan fingerprint density at radius 3 is 2.82 bits per heavy atom. The largest absolute Gasteiger partial charge is 0.490 e. The first-order chi connectivity index (χ1) is 8.11. The molecule has 0 unspecified atom stereocenters. The summed E-state index contributed by atoms with van der Waals surface area (Å²) in [4.78, 5) is 10.1. The van der Waals surface area contributed by atoms with Gasteiger partial charge in [-0.05, 0) is 18.8 Å². The van der Waals surface area contributed by atoms with E-state index in [1.807, 2.05) is 11.9 Å². The molecule has 1 aromatic rings. The normalized spacial score (nSPS) is 23.1. The van der Waals surface area contributed by atoms with Crippen molar-refractivity contribution < 1.29 is 9.84 Å². The molecule has 94 valence electrons. The van der Waals surface area contributed by atoms with Crippen LogP contribution in [0.1, 0.15) is 12.8 Å². The van der Waals surface area contributed by atoms with Crippen LogP contribution in [-0.4, -0.2) is 41.9 Å². The second-order valence-corrected chi connectivity index (χ2v) is 4.75. The summed E-state index contributed by atoms with van der Waals surface area (Å²) in [6.07, 6.45) is 2.99. The summed E-state index contributed by atoms with van der Waals surface area (Å²) in [5.41, 5.74) is 0. The third kappa shape index (κ3) is 2.61. The first-order valence-corrected chi connectivity index (χ1v) is 5.93. The van der Waals surface area contributed by atoms with Gasteiger partial charge in [0.1, 0.15) is 6.33 Å². The number of ether oxygens (including phenoxy) is 1. The van der Waals surface area contributed by atoms with E-state index in [-0.39, 0.29) is 6.10 Å². The highest BCUT2D eigenvalue weighted by Crippen LogP contribution is 2.33. The second kappa shape index (κ2) is 5.06. The molecule has 1 aliphatic rings. The fourth-order valence-electron chi connectivity index (χ4n) is 2.11. The molecule has 0 atom stereocenters. The molecule has 0 bridgehead atoms. The van der Waals surface area contributed by atoms with Gasteiger partial charge in [-0.25, -0.2) is 9.97 Å². The standard InChI is InChI=1S/C11H16ClN3O2/c1-15(5-7-3-8(16)4-7)11-9(17-2)10(12)13-6-14-11/h6-8,16H,3-5H2,1-2H3. The van der Waals surface area contributed by atoms with Gasteiger partial charge in [-0.3, -0.25) is 0 Å². The van der Waals surface area contributed by atoms with Gasteiger partial charge in [0.2, 0.25) is 0 Å². The molecule has 0 amide bonds. The zero-order valence-electron chi connectivity index (χ0n) is 9.93. The van der Waals surface area contributed by atoms with Crippen LogP contribution < -0.4 is 9.64 Å². The van der Waals surface area contributed by atoms with Gasteiger partial charge in [-0.1, -0.05) is 11.6 Å². The predicted molar refractivity (Wildman–Crippen MR) is 65.6 cm³/mol. The highest BCUT2D eigenvalue weighted by molar-refractivity contribution is 6.31. The van der Waals surface area contributed by atoms with Crippen LogP contribution in [0.15, 0.2) is 6.33 Å². The quantitative estimate of drug-likeness (QED) is 0.825. The first kappa shape index (κ1) is 12.4. The second-order valence-electron chi connectivity index (χ2n) is 4.39. The van der Waals surface area contributed by atoms with Gasteiger partial charge < -0.3 is 14.7 Å². The Bertz CT molecular complexity index is 396. The molecule has 1 N–H and O–H groups in total. The van der Waals surface area contributed by atoms with E-state index in [1.165, 1.54) is 6.33 Å². The number of anilines is 1. The monoisotopic (exact) mass is 257 g/mol. The van der Waals surface area contributed by atoms with Crippen LogP contribution in [0.2, 0.25) is 5.15 Å². The number of aromatic nitrogens is 2. The molecule has 0 aromatic carbocycles. The Morgan fingerprint density at radius 2 is 2.24 bits per heavy atom. The smallest absolute Gasteiger partial charge is 0.199 e. The van der Waals surface area contributed by atoms with E-state index in [0.29, 0.717) is 22.6 Å². The molecular weight excluding hydrogens is 242 g/mol. The van der Waals surface area contributed by atoms with Crippen LogP contribution in [0, 0.1) is 5.92 Å². The van der Waals surface area contributed by atoms with Crippen molar-refractivity contribution in [1.82, 2.24) is 9.97 Å². The number of hydrogen-bond donors (Lipinski definition) is 1. The third-order valence-electron chi connectivity index (χ3n) is 3.05. The zero-order valence-corrected chi connectivity index (χ0v) is 10.7. The molecule has 1 aliphatic carbocycles. The minimum absolute atomic E-state index is 0.135. The molecule has 1 aromatic heterocycles. The lowest BCUT2D eigenvalue weighted by atomic mass is 9.82. The minimum atomic E-state index is -0.135. The van der Waals surface area contributed by atoms with Crippen LogP contribution in [0.3, 0.4) is 0 Å². The molecule has 1 fully saturated rings. The van der Waals surface area contributed by atoms with Crippen molar-refractivity contribution in [1.29, 1.82) is 0 Å². The highest BCUT2D eigenvalue weighted by Gasteiger charge is 2.29. The van der Waals surface area contributed by atoms with Gasteiger partial charge >= 0.3 is 0 Å². The fraction of sp³-hybridized carbons (Fsp3) is 0.636. The number of nitrogens with zero attached hydrogens (tertiary/aromatic N) is 3. The fourth-order valence-corrected chi connectivity index (χ4v) is 2.32. The van der Waals surface area contributed by atoms with Crippen LogP contribution in [0.4, 0.5) is 5.82 Å². The van der Waals surface area contributed by atoms with Crippen LogP contribution in [0.25, 0.3) is 0 Å². The number of hydrogen-bond acceptors (Lipinski definition) is 5. The molecule has 0 saturated heterocycles. The SMILES string of the molecule is COc1c(Cl)ncnc1N(C)CC1CC(O)C1. The molecule has 2 rings (SSSR count). The Balaban J connectivity index is 2.08. The Hall–Kier alpha value is -1.07. The maximum atomic E-state index is 9.26. The average molecular weight is 258 g/mol. The molecule has 17 heavy (non-hydrogen) atoms. The molecule has 5 nitrogen and oxygen atoms in total. The summed E-state index contributed by atoms with van der Waals surface area (Å²) in [5, 5.41) is 9.57. The molecule has 0 spiro atoms. The van der Waals surface area contributed by atoms with Crippen LogP contribution >= 0.6 is 11.6 Å². The predicted octanol–water partition coefficient (Wildman–Crippen LogP) is 1.35. The topological polar surface area (TPSA) is 58.5 Å². The highest BCUT2D eigenvalue weighted by atomic mass is 35.5. The Labute approximate surface area is 105 Å². The van der Waals surface area contributed by atoms with E-state index in [0.717, 1.165) is 19.4 Å². The van der Waals surface area contributed by atoms with E-state index >= 15 is 0 Å². The van der Waals surface area contributed by atoms with Gasteiger partial charge in [0, 0.05) is 13.6 Å². The van der Waals surface area contributed by atoms with Gasteiger partial charge in [0.25, 0.3) is 0 Å². The lowest BCUT2D eigenvalue weighted by molar-refractivity contribution is 0.0464. The summed E-state index contributed by atoms with van der Waals surface area (Å²) >= 11 is 5.94. The van der Waals surface area contributed by atoms with Crippen molar-refractivity contribution in [3.05, 3.63) is 11.5 Å². The molecule has 6 heteroatoms. The minimum Gasteiger partial charge on any atom is -0.490 e. The first-order valence-electron chi connectivity index (χ1n) is 5.55. The van der Waals surface area contributed by atoms with Crippen molar-refractivity contribution >= 4 is 17.4 Å². The van der Waals surface area contributed by atoms with Gasteiger partial charge in [-0.2, -0.15) is 0 Å². The maximum Gasteiger partial charge on any atom is 0.199 e. The van der Waals surface area contributed by atoms with Crippen LogP contribution in [-0.2, 0) is 0 Å². The Morgan fingerprint density at radius 1 is 1.53 bits per heavy atom. The van der Waals surface area contributed by atoms with E-state index < -0.39 is 0 Å². The summed E-state index contributed by atoms with van der Waals surface area (Å²) < 4.78 is 5.20. The van der Waals surface area contributed by atoms with E-state index in [4.69, 9.17) is 16.3 Å². The number of halogens is 1. The zero-order chi connectivity index (χ0) is 12.4. The van der Waals surface area contributed by atoms with Crippen molar-refractivity contribution in [2.24, 2.45) is 5.92 Å². The molecule has 0 aliphatic heterocycles. The van der Waals surface area contributed by atoms with E-state index in [1.54, 1.807) is 7.11 Å². The summed E-state index contributed by atoms with van der Waals surface area (Å²) in [6.45, 7) is 0.834. The lowest BCUT2D eigenvalue weighted by Crippen LogP contribution is -2.37. The Kier molecular flexibility index (Phi) is 3.69. The van der Waals surface area contributed by atoms with Crippen molar-refractivity contribution in [2.45, 2.75) is 18.9 Å². The lowest BCUT2D eigenvalue weighted by Gasteiger charge is -2.35. The van der Waals surface area contributed by atoms with Crippen molar-refractivity contribution in [2.75, 3.05) is 25.6 Å². The van der Waals surface area contributed by atoms with Gasteiger partial charge in [0.15, 0.2) is 16.7 Å². The number of aliphatic hydroxyl groups is 1. The number of aliphatic hydroxyl groups excluding tert-OH is 1. The third-order valence-corrected chi connectivity index (χ3v) is 3.32.